The van der Waals surface area contributed by atoms with Gasteiger partial charge in [-0.1, -0.05) is 0 Å². The topological polar surface area (TPSA) is 57.6 Å². The summed E-state index contributed by atoms with van der Waals surface area (Å²) >= 11 is 0. The van der Waals surface area contributed by atoms with Crippen molar-refractivity contribution in [3.05, 3.63) is 35.4 Å². The molecule has 120 valence electrons. The summed E-state index contributed by atoms with van der Waals surface area (Å²) in [5.74, 6) is -2.77. The van der Waals surface area contributed by atoms with Crippen molar-refractivity contribution >= 4 is 11.9 Å². The SMILES string of the molecule is C[C@@H]1[C@H](C(=O)O)CCCN1C(=O)CCc1cc(F)ccc1F. The summed E-state index contributed by atoms with van der Waals surface area (Å²) in [5.41, 5.74) is 0.160. The van der Waals surface area contributed by atoms with Gasteiger partial charge in [0.05, 0.1) is 5.92 Å². The van der Waals surface area contributed by atoms with E-state index in [0.29, 0.717) is 19.4 Å². The number of hydrogen-bond donors (Lipinski definition) is 1. The molecule has 4 nitrogen and oxygen atoms in total. The predicted octanol–water partition coefficient (Wildman–Crippen LogP) is 2.61. The van der Waals surface area contributed by atoms with Crippen LogP contribution in [-0.4, -0.2) is 34.5 Å². The van der Waals surface area contributed by atoms with Gasteiger partial charge in [0.1, 0.15) is 11.6 Å². The highest BCUT2D eigenvalue weighted by Gasteiger charge is 2.34. The van der Waals surface area contributed by atoms with Crippen LogP contribution >= 0.6 is 0 Å². The third kappa shape index (κ3) is 3.61. The molecule has 1 amide bonds. The van der Waals surface area contributed by atoms with Crippen LogP contribution in [0.4, 0.5) is 8.78 Å². The fraction of sp³-hybridized carbons (Fsp3) is 0.500. The molecule has 2 rings (SSSR count). The van der Waals surface area contributed by atoms with Crippen molar-refractivity contribution in [2.75, 3.05) is 6.54 Å². The van der Waals surface area contributed by atoms with E-state index in [0.717, 1.165) is 18.2 Å². The number of carboxylic acids is 1. The molecule has 1 aliphatic rings. The third-order valence-corrected chi connectivity index (χ3v) is 4.24. The lowest BCUT2D eigenvalue weighted by atomic mass is 9.90. The van der Waals surface area contributed by atoms with Crippen molar-refractivity contribution < 1.29 is 23.5 Å². The monoisotopic (exact) mass is 311 g/mol. The summed E-state index contributed by atoms with van der Waals surface area (Å²) in [6.45, 7) is 2.23. The first-order valence-electron chi connectivity index (χ1n) is 7.36. The average molecular weight is 311 g/mol. The molecule has 0 radical (unpaired) electrons. The molecule has 2 atom stereocenters. The number of aliphatic carboxylic acids is 1. The van der Waals surface area contributed by atoms with Crippen LogP contribution in [0.25, 0.3) is 0 Å². The average Bonchev–Trinajstić information content (AvgIpc) is 2.47. The summed E-state index contributed by atoms with van der Waals surface area (Å²) in [5, 5.41) is 9.15. The molecule has 22 heavy (non-hydrogen) atoms. The zero-order chi connectivity index (χ0) is 16.3. The van der Waals surface area contributed by atoms with Gasteiger partial charge in [-0.3, -0.25) is 9.59 Å². The van der Waals surface area contributed by atoms with Crippen molar-refractivity contribution in [2.24, 2.45) is 5.92 Å². The first kappa shape index (κ1) is 16.4. The van der Waals surface area contributed by atoms with Crippen LogP contribution in [0.1, 0.15) is 31.7 Å². The van der Waals surface area contributed by atoms with E-state index in [1.807, 2.05) is 0 Å². The van der Waals surface area contributed by atoms with Crippen molar-refractivity contribution in [1.82, 2.24) is 4.90 Å². The van der Waals surface area contributed by atoms with Gasteiger partial charge in [0.15, 0.2) is 0 Å². The van der Waals surface area contributed by atoms with Crippen LogP contribution in [0.5, 0.6) is 0 Å². The number of benzene rings is 1. The summed E-state index contributed by atoms with van der Waals surface area (Å²) in [6, 6.07) is 2.78. The second-order valence-electron chi connectivity index (χ2n) is 5.65. The fourth-order valence-electron chi connectivity index (χ4n) is 2.95. The highest BCUT2D eigenvalue weighted by molar-refractivity contribution is 5.79. The zero-order valence-electron chi connectivity index (χ0n) is 12.4. The molecule has 1 aromatic carbocycles. The van der Waals surface area contributed by atoms with Gasteiger partial charge < -0.3 is 10.0 Å². The first-order valence-corrected chi connectivity index (χ1v) is 7.36. The number of aryl methyl sites for hydroxylation is 1. The Morgan fingerprint density at radius 1 is 1.36 bits per heavy atom. The molecule has 1 saturated heterocycles. The number of halogens is 2. The van der Waals surface area contributed by atoms with E-state index < -0.39 is 23.5 Å². The molecule has 0 unspecified atom stereocenters. The number of piperidine rings is 1. The standard InChI is InChI=1S/C16H19F2NO3/c1-10-13(16(21)22)3-2-8-19(10)15(20)7-4-11-9-12(17)5-6-14(11)18/h5-6,9-10,13H,2-4,7-8H2,1H3,(H,21,22)/t10-,13-/m1/s1. The minimum absolute atomic E-state index is 0.0387. The summed E-state index contributed by atoms with van der Waals surface area (Å²) in [4.78, 5) is 25.0. The molecular formula is C16H19F2NO3. The Labute approximate surface area is 127 Å². The molecule has 0 saturated carbocycles. The number of carbonyl (C=O) groups excluding carboxylic acids is 1. The number of hydrogen-bond acceptors (Lipinski definition) is 2. The molecule has 1 aliphatic heterocycles. The summed E-state index contributed by atoms with van der Waals surface area (Å²) < 4.78 is 26.6. The van der Waals surface area contributed by atoms with Gasteiger partial charge in [-0.25, -0.2) is 8.78 Å². The molecule has 1 fully saturated rings. The van der Waals surface area contributed by atoms with Gasteiger partial charge in [-0.05, 0) is 49.9 Å². The molecule has 0 spiro atoms. The number of rotatable bonds is 4. The smallest absolute Gasteiger partial charge is 0.308 e. The maximum atomic E-state index is 13.5. The Morgan fingerprint density at radius 2 is 2.09 bits per heavy atom. The van der Waals surface area contributed by atoms with E-state index in [2.05, 4.69) is 0 Å². The lowest BCUT2D eigenvalue weighted by Gasteiger charge is -2.37. The summed E-state index contributed by atoms with van der Waals surface area (Å²) in [6.07, 6.45) is 1.33. The Morgan fingerprint density at radius 3 is 2.77 bits per heavy atom. The Bertz CT molecular complexity index is 577. The number of amides is 1. The molecule has 0 aliphatic carbocycles. The van der Waals surface area contributed by atoms with Gasteiger partial charge in [0.2, 0.25) is 5.91 Å². The molecule has 0 bridgehead atoms. The van der Waals surface area contributed by atoms with E-state index in [1.54, 1.807) is 11.8 Å². The van der Waals surface area contributed by atoms with Crippen LogP contribution in [0.15, 0.2) is 18.2 Å². The van der Waals surface area contributed by atoms with Crippen LogP contribution < -0.4 is 0 Å². The molecule has 1 N–H and O–H groups in total. The molecule has 1 aromatic rings. The quantitative estimate of drug-likeness (QED) is 0.930. The summed E-state index contributed by atoms with van der Waals surface area (Å²) in [7, 11) is 0. The Kier molecular flexibility index (Phi) is 5.11. The van der Waals surface area contributed by atoms with Crippen molar-refractivity contribution in [2.45, 2.75) is 38.6 Å². The molecule has 0 aromatic heterocycles. The molecule has 6 heteroatoms. The molecule has 1 heterocycles. The maximum Gasteiger partial charge on any atom is 0.308 e. The first-order chi connectivity index (χ1) is 10.4. The highest BCUT2D eigenvalue weighted by atomic mass is 19.1. The lowest BCUT2D eigenvalue weighted by Crippen LogP contribution is -2.49. The predicted molar refractivity (Wildman–Crippen MR) is 76.2 cm³/mol. The largest absolute Gasteiger partial charge is 0.481 e. The second kappa shape index (κ2) is 6.85. The van der Waals surface area contributed by atoms with Crippen LogP contribution in [0, 0.1) is 17.6 Å². The minimum Gasteiger partial charge on any atom is -0.481 e. The van der Waals surface area contributed by atoms with Crippen molar-refractivity contribution in [3.63, 3.8) is 0 Å². The third-order valence-electron chi connectivity index (χ3n) is 4.24. The maximum absolute atomic E-state index is 13.5. The number of carboxylic acid groups (broad SMARTS) is 1. The van der Waals surface area contributed by atoms with Crippen LogP contribution in [0.3, 0.4) is 0 Å². The van der Waals surface area contributed by atoms with Crippen molar-refractivity contribution in [1.29, 1.82) is 0 Å². The highest BCUT2D eigenvalue weighted by Crippen LogP contribution is 2.25. The van der Waals surface area contributed by atoms with E-state index in [4.69, 9.17) is 5.11 Å². The van der Waals surface area contributed by atoms with Crippen LogP contribution in [0.2, 0.25) is 0 Å². The van der Waals surface area contributed by atoms with E-state index in [1.165, 1.54) is 0 Å². The fourth-order valence-corrected chi connectivity index (χ4v) is 2.95. The van der Waals surface area contributed by atoms with Crippen molar-refractivity contribution in [3.8, 4) is 0 Å². The zero-order valence-corrected chi connectivity index (χ0v) is 12.4. The second-order valence-corrected chi connectivity index (χ2v) is 5.65. The number of likely N-dealkylation sites (tertiary alicyclic amines) is 1. The van der Waals surface area contributed by atoms with Crippen LogP contribution in [-0.2, 0) is 16.0 Å². The van der Waals surface area contributed by atoms with Gasteiger partial charge in [-0.2, -0.15) is 0 Å². The van der Waals surface area contributed by atoms with Gasteiger partial charge in [-0.15, -0.1) is 0 Å². The Balaban J connectivity index is 1.99. The normalized spacial score (nSPS) is 21.7. The Hall–Kier alpha value is -1.98. The van der Waals surface area contributed by atoms with Gasteiger partial charge in [0.25, 0.3) is 0 Å². The van der Waals surface area contributed by atoms with Gasteiger partial charge in [0, 0.05) is 19.0 Å². The van der Waals surface area contributed by atoms with E-state index in [9.17, 15) is 18.4 Å². The van der Waals surface area contributed by atoms with E-state index >= 15 is 0 Å². The van der Waals surface area contributed by atoms with E-state index in [-0.39, 0.29) is 30.4 Å². The minimum atomic E-state index is -0.902. The lowest BCUT2D eigenvalue weighted by molar-refractivity contribution is -0.149. The van der Waals surface area contributed by atoms with Gasteiger partial charge >= 0.3 is 5.97 Å². The number of nitrogens with zero attached hydrogens (tertiary/aromatic N) is 1. The molecular weight excluding hydrogens is 292 g/mol. The number of carbonyl (C=O) groups is 2.